The van der Waals surface area contributed by atoms with Gasteiger partial charge in [0.1, 0.15) is 5.60 Å². The summed E-state index contributed by atoms with van der Waals surface area (Å²) >= 11 is 0. The first-order valence-corrected chi connectivity index (χ1v) is 9.12. The maximum absolute atomic E-state index is 12.4. The number of carbonyl (C=O) groups excluding carboxylic acids is 1. The summed E-state index contributed by atoms with van der Waals surface area (Å²) in [4.78, 5) is 16.5. The van der Waals surface area contributed by atoms with Crippen LogP contribution in [-0.2, 0) is 17.7 Å². The Morgan fingerprint density at radius 1 is 1.24 bits per heavy atom. The minimum Gasteiger partial charge on any atom is -0.444 e. The molecule has 140 valence electrons. The van der Waals surface area contributed by atoms with E-state index < -0.39 is 5.60 Å². The van der Waals surface area contributed by atoms with Crippen molar-refractivity contribution in [1.29, 1.82) is 0 Å². The Labute approximate surface area is 152 Å². The second-order valence-electron chi connectivity index (χ2n) is 8.38. The van der Waals surface area contributed by atoms with Crippen LogP contribution in [0.25, 0.3) is 0 Å². The Balaban J connectivity index is 2.28. The van der Waals surface area contributed by atoms with Crippen molar-refractivity contribution in [3.8, 4) is 0 Å². The lowest BCUT2D eigenvalue weighted by atomic mass is 9.94. The van der Waals surface area contributed by atoms with Gasteiger partial charge in [0, 0.05) is 31.0 Å². The van der Waals surface area contributed by atoms with Crippen LogP contribution in [0.3, 0.4) is 0 Å². The zero-order valence-electron chi connectivity index (χ0n) is 16.7. The molecule has 0 bridgehead atoms. The number of anilines is 2. The van der Waals surface area contributed by atoms with Crippen molar-refractivity contribution in [2.75, 3.05) is 24.2 Å². The Morgan fingerprint density at radius 2 is 1.88 bits per heavy atom. The zero-order chi connectivity index (χ0) is 18.9. The summed E-state index contributed by atoms with van der Waals surface area (Å²) in [5.74, 6) is 0.556. The van der Waals surface area contributed by atoms with Crippen LogP contribution in [0.5, 0.6) is 0 Å². The highest BCUT2D eigenvalue weighted by Crippen LogP contribution is 2.34. The van der Waals surface area contributed by atoms with Crippen LogP contribution >= 0.6 is 0 Å². The van der Waals surface area contributed by atoms with Crippen LogP contribution in [0, 0.1) is 5.92 Å². The lowest BCUT2D eigenvalue weighted by Gasteiger charge is -2.36. The number of ether oxygens (including phenoxy) is 1. The summed E-state index contributed by atoms with van der Waals surface area (Å²) in [5.41, 5.74) is 10.0. The third kappa shape index (κ3) is 4.39. The fourth-order valence-electron chi connectivity index (χ4n) is 3.16. The molecule has 1 aromatic rings. The molecule has 0 fully saturated rings. The van der Waals surface area contributed by atoms with Crippen molar-refractivity contribution >= 4 is 17.5 Å². The lowest BCUT2D eigenvalue weighted by molar-refractivity contribution is 0.0224. The fourth-order valence-corrected chi connectivity index (χ4v) is 3.16. The number of nitrogens with two attached hydrogens (primary N) is 1. The minimum absolute atomic E-state index is 0.271. The zero-order valence-corrected chi connectivity index (χ0v) is 16.7. The van der Waals surface area contributed by atoms with Crippen molar-refractivity contribution in [2.24, 2.45) is 5.92 Å². The predicted octanol–water partition coefficient (Wildman–Crippen LogP) is 4.04. The number of carbonyl (C=O) groups is 1. The topological polar surface area (TPSA) is 58.8 Å². The van der Waals surface area contributed by atoms with Crippen LogP contribution in [0.15, 0.2) is 12.1 Å². The van der Waals surface area contributed by atoms with Crippen molar-refractivity contribution in [3.63, 3.8) is 0 Å². The van der Waals surface area contributed by atoms with Gasteiger partial charge in [0.15, 0.2) is 0 Å². The molecule has 1 amide bonds. The number of fused-ring (bicyclic) bond motifs is 1. The van der Waals surface area contributed by atoms with Gasteiger partial charge in [-0.25, -0.2) is 4.79 Å². The van der Waals surface area contributed by atoms with E-state index in [1.807, 2.05) is 26.8 Å². The average Bonchev–Trinajstić information content (AvgIpc) is 2.52. The first-order chi connectivity index (χ1) is 11.5. The molecule has 1 aliphatic heterocycles. The van der Waals surface area contributed by atoms with E-state index in [0.717, 1.165) is 17.7 Å². The molecular weight excluding hydrogens is 314 g/mol. The van der Waals surface area contributed by atoms with E-state index in [1.54, 1.807) is 4.90 Å². The van der Waals surface area contributed by atoms with Crippen molar-refractivity contribution < 1.29 is 9.53 Å². The van der Waals surface area contributed by atoms with E-state index in [-0.39, 0.29) is 6.09 Å². The van der Waals surface area contributed by atoms with Gasteiger partial charge in [0.05, 0.1) is 6.54 Å². The minimum atomic E-state index is -0.488. The summed E-state index contributed by atoms with van der Waals surface area (Å²) < 4.78 is 5.52. The number of nitrogens with zero attached hydrogens (tertiary/aromatic N) is 2. The molecule has 1 aliphatic rings. The molecule has 1 unspecified atom stereocenters. The van der Waals surface area contributed by atoms with Gasteiger partial charge >= 0.3 is 6.09 Å². The second-order valence-corrected chi connectivity index (χ2v) is 8.38. The van der Waals surface area contributed by atoms with Crippen LogP contribution in [0.2, 0.25) is 0 Å². The smallest absolute Gasteiger partial charge is 0.410 e. The van der Waals surface area contributed by atoms with Gasteiger partial charge in [-0.3, -0.25) is 0 Å². The standard InChI is InChI=1S/C20H33N3O2/c1-13(2)14(3)22(7)18-9-8-17(21)16-12-23(11-10-15(16)18)19(24)25-20(4,5)6/h8-9,13-14H,10-12,21H2,1-7H3. The van der Waals surface area contributed by atoms with Gasteiger partial charge in [-0.05, 0) is 63.3 Å². The number of rotatable bonds is 3. The van der Waals surface area contributed by atoms with Gasteiger partial charge in [-0.15, -0.1) is 0 Å². The molecule has 1 heterocycles. The van der Waals surface area contributed by atoms with Gasteiger partial charge in [0.2, 0.25) is 0 Å². The van der Waals surface area contributed by atoms with Crippen molar-refractivity contribution in [3.05, 3.63) is 23.3 Å². The highest BCUT2D eigenvalue weighted by molar-refractivity contribution is 5.72. The molecule has 2 N–H and O–H groups in total. The average molecular weight is 348 g/mol. The third-order valence-corrected chi connectivity index (χ3v) is 5.03. The van der Waals surface area contributed by atoms with Crippen LogP contribution in [0.1, 0.15) is 52.7 Å². The van der Waals surface area contributed by atoms with Gasteiger partial charge in [-0.2, -0.15) is 0 Å². The number of nitrogen functional groups attached to an aromatic ring is 1. The molecule has 0 saturated heterocycles. The summed E-state index contributed by atoms with van der Waals surface area (Å²) in [6.07, 6.45) is 0.524. The number of benzene rings is 1. The van der Waals surface area contributed by atoms with Crippen molar-refractivity contribution in [2.45, 2.75) is 66.2 Å². The van der Waals surface area contributed by atoms with E-state index in [0.29, 0.717) is 25.0 Å². The molecule has 5 nitrogen and oxygen atoms in total. The number of hydrogen-bond donors (Lipinski definition) is 1. The predicted molar refractivity (Wildman–Crippen MR) is 104 cm³/mol. The molecule has 2 rings (SSSR count). The number of amides is 1. The first-order valence-electron chi connectivity index (χ1n) is 9.12. The Kier molecular flexibility index (Phi) is 5.55. The summed E-state index contributed by atoms with van der Waals surface area (Å²) in [6.45, 7) is 13.5. The largest absolute Gasteiger partial charge is 0.444 e. The normalized spacial score (nSPS) is 15.8. The maximum atomic E-state index is 12.4. The lowest BCUT2D eigenvalue weighted by Crippen LogP contribution is -2.41. The highest BCUT2D eigenvalue weighted by atomic mass is 16.6. The summed E-state index contributed by atoms with van der Waals surface area (Å²) in [7, 11) is 2.14. The van der Waals surface area contributed by atoms with E-state index in [1.165, 1.54) is 11.3 Å². The van der Waals surface area contributed by atoms with Crippen LogP contribution in [0.4, 0.5) is 16.2 Å². The molecule has 0 spiro atoms. The Bertz CT molecular complexity index is 635. The fraction of sp³-hybridized carbons (Fsp3) is 0.650. The first kappa shape index (κ1) is 19.4. The maximum Gasteiger partial charge on any atom is 0.410 e. The molecule has 0 saturated carbocycles. The van der Waals surface area contributed by atoms with Gasteiger partial charge in [-0.1, -0.05) is 13.8 Å². The monoisotopic (exact) mass is 347 g/mol. The molecule has 25 heavy (non-hydrogen) atoms. The molecular formula is C20H33N3O2. The quantitative estimate of drug-likeness (QED) is 0.838. The Morgan fingerprint density at radius 3 is 2.44 bits per heavy atom. The van der Waals surface area contributed by atoms with Crippen LogP contribution in [-0.4, -0.2) is 36.2 Å². The van der Waals surface area contributed by atoms with E-state index in [2.05, 4.69) is 38.8 Å². The third-order valence-electron chi connectivity index (χ3n) is 5.03. The molecule has 5 heteroatoms. The Hall–Kier alpha value is -1.91. The van der Waals surface area contributed by atoms with E-state index >= 15 is 0 Å². The van der Waals surface area contributed by atoms with Gasteiger partial charge < -0.3 is 20.3 Å². The molecule has 0 radical (unpaired) electrons. The van der Waals surface area contributed by atoms with E-state index in [9.17, 15) is 4.79 Å². The SMILES string of the molecule is CC(C)C(C)N(C)c1ccc(N)c2c1CCN(C(=O)OC(C)(C)C)C2. The molecule has 1 atom stereocenters. The van der Waals surface area contributed by atoms with Crippen molar-refractivity contribution in [1.82, 2.24) is 4.90 Å². The second kappa shape index (κ2) is 7.14. The number of hydrogen-bond acceptors (Lipinski definition) is 4. The molecule has 0 aromatic heterocycles. The summed E-state index contributed by atoms with van der Waals surface area (Å²) in [6, 6.07) is 4.49. The van der Waals surface area contributed by atoms with Crippen LogP contribution < -0.4 is 10.6 Å². The summed E-state index contributed by atoms with van der Waals surface area (Å²) in [5, 5.41) is 0. The van der Waals surface area contributed by atoms with Gasteiger partial charge in [0.25, 0.3) is 0 Å². The van der Waals surface area contributed by atoms with E-state index in [4.69, 9.17) is 10.5 Å². The molecule has 0 aliphatic carbocycles. The molecule has 1 aromatic carbocycles. The highest BCUT2D eigenvalue weighted by Gasteiger charge is 2.29.